The Morgan fingerprint density at radius 2 is 1.64 bits per heavy atom. The second-order valence-electron chi connectivity index (χ2n) is 7.69. The molecule has 3 aromatic carbocycles. The number of aromatic nitrogens is 2. The van der Waals surface area contributed by atoms with Gasteiger partial charge in [0.15, 0.2) is 0 Å². The Kier molecular flexibility index (Phi) is 7.40. The van der Waals surface area contributed by atoms with Crippen LogP contribution in [-0.2, 0) is 9.53 Å². The smallest absolute Gasteiger partial charge is 0.325 e. The Labute approximate surface area is 207 Å². The number of carbonyl (C=O) groups excluding carboxylic acids is 3. The molecule has 0 aliphatic rings. The normalized spacial score (nSPS) is 10.4. The van der Waals surface area contributed by atoms with E-state index in [1.807, 2.05) is 54.6 Å². The van der Waals surface area contributed by atoms with Crippen molar-refractivity contribution in [3.05, 3.63) is 96.2 Å². The van der Waals surface area contributed by atoms with Gasteiger partial charge in [-0.05, 0) is 48.5 Å². The van der Waals surface area contributed by atoms with Crippen molar-refractivity contribution in [2.45, 2.75) is 0 Å². The monoisotopic (exact) mass is 484 g/mol. The zero-order valence-electron chi connectivity index (χ0n) is 19.7. The number of hydrogen-bond donors (Lipinski definition) is 2. The van der Waals surface area contributed by atoms with E-state index in [9.17, 15) is 14.4 Å². The number of nitrogens with zero attached hydrogens (tertiary/aromatic N) is 2. The van der Waals surface area contributed by atoms with Crippen LogP contribution in [0.1, 0.15) is 20.7 Å². The number of ether oxygens (including phenoxy) is 2. The van der Waals surface area contributed by atoms with E-state index in [0.29, 0.717) is 28.3 Å². The van der Waals surface area contributed by atoms with Crippen molar-refractivity contribution in [3.8, 4) is 22.7 Å². The molecule has 0 radical (unpaired) electrons. The summed E-state index contributed by atoms with van der Waals surface area (Å²) in [6.07, 6.45) is 1.67. The Balaban J connectivity index is 1.59. The molecule has 0 spiro atoms. The van der Waals surface area contributed by atoms with Crippen LogP contribution in [0, 0.1) is 0 Å². The fourth-order valence-electron chi connectivity index (χ4n) is 3.47. The van der Waals surface area contributed by atoms with Crippen LogP contribution in [0.2, 0.25) is 0 Å². The first-order valence-electron chi connectivity index (χ1n) is 11.0. The molecule has 1 aromatic heterocycles. The fourth-order valence-corrected chi connectivity index (χ4v) is 3.47. The van der Waals surface area contributed by atoms with Crippen molar-refractivity contribution >= 4 is 23.5 Å². The molecule has 9 nitrogen and oxygen atoms in total. The lowest BCUT2D eigenvalue weighted by atomic mass is 10.1. The summed E-state index contributed by atoms with van der Waals surface area (Å²) in [5.74, 6) is -0.690. The average molecular weight is 485 g/mol. The van der Waals surface area contributed by atoms with Crippen LogP contribution in [0.15, 0.2) is 85.1 Å². The summed E-state index contributed by atoms with van der Waals surface area (Å²) in [5.41, 5.74) is 3.23. The van der Waals surface area contributed by atoms with Crippen LogP contribution in [0.4, 0.5) is 5.69 Å². The molecular formula is C27H24N4O5. The van der Waals surface area contributed by atoms with Gasteiger partial charge in [0.1, 0.15) is 18.0 Å². The summed E-state index contributed by atoms with van der Waals surface area (Å²) in [6.45, 7) is -0.230. The number of carbonyl (C=O) groups is 3. The molecular weight excluding hydrogens is 460 g/mol. The van der Waals surface area contributed by atoms with Crippen molar-refractivity contribution in [1.29, 1.82) is 0 Å². The molecule has 182 valence electrons. The molecule has 2 N–H and O–H groups in total. The SMILES string of the molecule is COC(=O)CNC(=O)c1ccc(NC(=O)c2cn(-c3ccccc3)nc2-c2cccc(OC)c2)cc1. The van der Waals surface area contributed by atoms with E-state index < -0.39 is 11.9 Å². The quantitative estimate of drug-likeness (QED) is 0.369. The molecule has 0 saturated carbocycles. The third-order valence-corrected chi connectivity index (χ3v) is 5.35. The average Bonchev–Trinajstić information content (AvgIpc) is 3.38. The molecule has 2 amide bonds. The number of amides is 2. The molecule has 0 atom stereocenters. The number of hydrogen-bond acceptors (Lipinski definition) is 6. The molecule has 0 aliphatic heterocycles. The molecule has 0 fully saturated rings. The minimum Gasteiger partial charge on any atom is -0.497 e. The van der Waals surface area contributed by atoms with Gasteiger partial charge in [0.25, 0.3) is 11.8 Å². The Morgan fingerprint density at radius 1 is 0.889 bits per heavy atom. The van der Waals surface area contributed by atoms with Crippen LogP contribution in [0.3, 0.4) is 0 Å². The molecule has 1 heterocycles. The number of esters is 1. The highest BCUT2D eigenvalue weighted by atomic mass is 16.5. The summed E-state index contributed by atoms with van der Waals surface area (Å²) >= 11 is 0. The van der Waals surface area contributed by atoms with Crippen LogP contribution in [0.25, 0.3) is 16.9 Å². The highest BCUT2D eigenvalue weighted by Crippen LogP contribution is 2.27. The Morgan fingerprint density at radius 3 is 2.33 bits per heavy atom. The maximum absolute atomic E-state index is 13.3. The topological polar surface area (TPSA) is 112 Å². The number of anilines is 1. The van der Waals surface area contributed by atoms with E-state index in [4.69, 9.17) is 4.74 Å². The predicted molar refractivity (Wildman–Crippen MR) is 134 cm³/mol. The summed E-state index contributed by atoms with van der Waals surface area (Å²) in [5, 5.41) is 10.0. The highest BCUT2D eigenvalue weighted by molar-refractivity contribution is 6.08. The van der Waals surface area contributed by atoms with Crippen LogP contribution in [0.5, 0.6) is 5.75 Å². The largest absolute Gasteiger partial charge is 0.497 e. The van der Waals surface area contributed by atoms with Crippen LogP contribution >= 0.6 is 0 Å². The molecule has 9 heteroatoms. The molecule has 4 rings (SSSR count). The number of para-hydroxylation sites is 1. The van der Waals surface area contributed by atoms with Crippen LogP contribution < -0.4 is 15.4 Å². The van der Waals surface area contributed by atoms with Gasteiger partial charge in [-0.25, -0.2) is 4.68 Å². The summed E-state index contributed by atoms with van der Waals surface area (Å²) in [4.78, 5) is 36.7. The van der Waals surface area contributed by atoms with Gasteiger partial charge in [-0.1, -0.05) is 30.3 Å². The molecule has 4 aromatic rings. The first kappa shape index (κ1) is 24.2. The van der Waals surface area contributed by atoms with Gasteiger partial charge in [-0.15, -0.1) is 0 Å². The van der Waals surface area contributed by atoms with E-state index in [-0.39, 0.29) is 12.5 Å². The highest BCUT2D eigenvalue weighted by Gasteiger charge is 2.20. The van der Waals surface area contributed by atoms with E-state index in [1.165, 1.54) is 7.11 Å². The Hall–Kier alpha value is -4.92. The third-order valence-electron chi connectivity index (χ3n) is 5.35. The number of nitrogens with one attached hydrogen (secondary N) is 2. The number of benzene rings is 3. The maximum Gasteiger partial charge on any atom is 0.325 e. The minimum absolute atomic E-state index is 0.230. The summed E-state index contributed by atoms with van der Waals surface area (Å²) < 4.78 is 11.5. The second-order valence-corrected chi connectivity index (χ2v) is 7.69. The first-order chi connectivity index (χ1) is 17.5. The molecule has 0 aliphatic carbocycles. The van der Waals surface area contributed by atoms with Crippen molar-refractivity contribution in [3.63, 3.8) is 0 Å². The minimum atomic E-state index is -0.546. The molecule has 0 saturated heterocycles. The molecule has 0 bridgehead atoms. The van der Waals surface area contributed by atoms with E-state index in [1.54, 1.807) is 42.3 Å². The lowest BCUT2D eigenvalue weighted by Gasteiger charge is -2.08. The van der Waals surface area contributed by atoms with Gasteiger partial charge in [-0.2, -0.15) is 5.10 Å². The summed E-state index contributed by atoms with van der Waals surface area (Å²) in [7, 11) is 2.82. The molecule has 36 heavy (non-hydrogen) atoms. The number of rotatable bonds is 8. The third kappa shape index (κ3) is 5.58. The predicted octanol–water partition coefficient (Wildman–Crippen LogP) is 3.70. The van der Waals surface area contributed by atoms with Gasteiger partial charge < -0.3 is 20.1 Å². The van der Waals surface area contributed by atoms with Crippen molar-refractivity contribution in [1.82, 2.24) is 15.1 Å². The zero-order chi connectivity index (χ0) is 25.5. The number of methoxy groups -OCH3 is 2. The molecule has 0 unspecified atom stereocenters. The first-order valence-corrected chi connectivity index (χ1v) is 11.0. The van der Waals surface area contributed by atoms with Crippen molar-refractivity contribution < 1.29 is 23.9 Å². The Bertz CT molecular complexity index is 1380. The van der Waals surface area contributed by atoms with Gasteiger partial charge in [0.2, 0.25) is 0 Å². The van der Waals surface area contributed by atoms with Crippen LogP contribution in [-0.4, -0.2) is 48.3 Å². The van der Waals surface area contributed by atoms with Gasteiger partial charge in [0, 0.05) is 23.0 Å². The lowest BCUT2D eigenvalue weighted by Crippen LogP contribution is -2.30. The lowest BCUT2D eigenvalue weighted by molar-refractivity contribution is -0.139. The van der Waals surface area contributed by atoms with E-state index >= 15 is 0 Å². The van der Waals surface area contributed by atoms with Crippen molar-refractivity contribution in [2.75, 3.05) is 26.1 Å². The van der Waals surface area contributed by atoms with E-state index in [2.05, 4.69) is 20.5 Å². The standard InChI is InChI=1S/C27H24N4O5/c1-35-22-10-6-7-19(15-22)25-23(17-31(30-25)21-8-4-3-5-9-21)27(34)29-20-13-11-18(12-14-20)26(33)28-16-24(32)36-2/h3-15,17H,16H2,1-2H3,(H,28,33)(H,29,34). The van der Waals surface area contributed by atoms with Crippen molar-refractivity contribution in [2.24, 2.45) is 0 Å². The van der Waals surface area contributed by atoms with Gasteiger partial charge >= 0.3 is 5.97 Å². The van der Waals surface area contributed by atoms with Gasteiger partial charge in [0.05, 0.1) is 25.5 Å². The maximum atomic E-state index is 13.3. The second kappa shape index (κ2) is 11.0. The summed E-state index contributed by atoms with van der Waals surface area (Å²) in [6, 6.07) is 23.1. The fraction of sp³-hybridized carbons (Fsp3) is 0.111. The van der Waals surface area contributed by atoms with E-state index in [0.717, 1.165) is 11.3 Å². The van der Waals surface area contributed by atoms with Gasteiger partial charge in [-0.3, -0.25) is 14.4 Å². The zero-order valence-corrected chi connectivity index (χ0v) is 19.7.